The molecule has 0 fully saturated rings. The van der Waals surface area contributed by atoms with Crippen molar-refractivity contribution in [1.82, 2.24) is 19.6 Å². The quantitative estimate of drug-likeness (QED) is 0.791. The number of hydrogen-bond acceptors (Lipinski definition) is 5. The van der Waals surface area contributed by atoms with Gasteiger partial charge in [0.05, 0.1) is 12.8 Å². The van der Waals surface area contributed by atoms with E-state index in [9.17, 15) is 0 Å². The van der Waals surface area contributed by atoms with Gasteiger partial charge >= 0.3 is 6.01 Å². The van der Waals surface area contributed by atoms with Crippen molar-refractivity contribution in [1.29, 1.82) is 0 Å². The molecule has 2 aromatic heterocycles. The average molecular weight is 208 g/mol. The van der Waals surface area contributed by atoms with Gasteiger partial charge < -0.3 is 10.5 Å². The fourth-order valence-electron chi connectivity index (χ4n) is 1.21. The summed E-state index contributed by atoms with van der Waals surface area (Å²) in [5.74, 6) is -0.0991. The van der Waals surface area contributed by atoms with Gasteiger partial charge in [-0.2, -0.15) is 9.50 Å². The van der Waals surface area contributed by atoms with Crippen LogP contribution in [0.5, 0.6) is 6.01 Å². The largest absolute Gasteiger partial charge is 0.466 e. The fraction of sp³-hybridized carbons (Fsp3) is 0.444. The molecule has 0 bridgehead atoms. The molecule has 2 N–H and O–H groups in total. The van der Waals surface area contributed by atoms with Crippen molar-refractivity contribution in [3.8, 4) is 6.01 Å². The van der Waals surface area contributed by atoms with E-state index in [1.165, 1.54) is 11.6 Å². The van der Waals surface area contributed by atoms with Crippen molar-refractivity contribution in [2.75, 3.05) is 12.8 Å². The lowest BCUT2D eigenvalue weighted by Gasteiger charge is -2.05. The summed E-state index contributed by atoms with van der Waals surface area (Å²) >= 11 is 0. The molecule has 2 aromatic rings. The number of hydrogen-bond donors (Lipinski definition) is 1. The molecule has 0 radical (unpaired) electrons. The summed E-state index contributed by atoms with van der Waals surface area (Å²) in [6, 6.07) is 1.83. The summed E-state index contributed by atoms with van der Waals surface area (Å²) < 4.78 is 14.2. The monoisotopic (exact) mass is 208 g/mol. The Hall–Kier alpha value is -1.85. The van der Waals surface area contributed by atoms with Gasteiger partial charge in [-0.05, 0) is 5.89 Å². The van der Waals surface area contributed by atoms with E-state index < -0.39 is 5.89 Å². The highest BCUT2D eigenvalue weighted by molar-refractivity contribution is 5.43. The lowest BCUT2D eigenvalue weighted by atomic mass is 10.1. The SMILES string of the molecule is [2H]C(C)(C)c1cc(N)n2nc(OC)nc2n1. The maximum atomic E-state index is 7.89. The number of ether oxygens (including phenoxy) is 1. The minimum absolute atomic E-state index is 0.208. The van der Waals surface area contributed by atoms with E-state index in [4.69, 9.17) is 11.8 Å². The van der Waals surface area contributed by atoms with Crippen molar-refractivity contribution >= 4 is 11.6 Å². The molecule has 6 heteroatoms. The van der Waals surface area contributed by atoms with Crippen molar-refractivity contribution in [3.05, 3.63) is 11.8 Å². The van der Waals surface area contributed by atoms with Gasteiger partial charge in [-0.1, -0.05) is 13.8 Å². The Kier molecular flexibility index (Phi) is 1.90. The normalized spacial score (nSPS) is 12.9. The third-order valence-corrected chi connectivity index (χ3v) is 2.02. The third-order valence-electron chi connectivity index (χ3n) is 2.02. The Balaban J connectivity index is 2.67. The molecule has 6 nitrogen and oxygen atoms in total. The number of aromatic nitrogens is 4. The summed E-state index contributed by atoms with van der Waals surface area (Å²) in [5, 5.41) is 3.99. The molecular formula is C9H13N5O. The van der Waals surface area contributed by atoms with Gasteiger partial charge in [0.15, 0.2) is 0 Å². The zero-order chi connectivity index (χ0) is 11.9. The molecule has 2 rings (SSSR count). The van der Waals surface area contributed by atoms with Crippen LogP contribution in [0.2, 0.25) is 0 Å². The van der Waals surface area contributed by atoms with Crippen molar-refractivity contribution < 1.29 is 6.11 Å². The van der Waals surface area contributed by atoms with E-state index in [-0.39, 0.29) is 6.01 Å². The van der Waals surface area contributed by atoms with E-state index in [0.29, 0.717) is 17.3 Å². The smallest absolute Gasteiger partial charge is 0.337 e. The first-order chi connectivity index (χ1) is 7.41. The lowest BCUT2D eigenvalue weighted by Crippen LogP contribution is -2.04. The predicted molar refractivity (Wildman–Crippen MR) is 55.8 cm³/mol. The van der Waals surface area contributed by atoms with E-state index in [2.05, 4.69) is 15.1 Å². The van der Waals surface area contributed by atoms with E-state index in [0.717, 1.165) is 0 Å². The highest BCUT2D eigenvalue weighted by Gasteiger charge is 2.10. The molecule has 0 aromatic carbocycles. The van der Waals surface area contributed by atoms with Crippen LogP contribution in [0.25, 0.3) is 5.78 Å². The highest BCUT2D eigenvalue weighted by atomic mass is 16.5. The van der Waals surface area contributed by atoms with E-state index in [1.54, 1.807) is 19.9 Å². The van der Waals surface area contributed by atoms with Gasteiger partial charge in [-0.3, -0.25) is 0 Å². The van der Waals surface area contributed by atoms with Crippen LogP contribution in [0.3, 0.4) is 0 Å². The number of rotatable bonds is 2. The Labute approximate surface area is 88.5 Å². The van der Waals surface area contributed by atoms with Crippen LogP contribution in [0.4, 0.5) is 5.82 Å². The van der Waals surface area contributed by atoms with Crippen LogP contribution in [0.15, 0.2) is 6.07 Å². The maximum absolute atomic E-state index is 7.89. The van der Waals surface area contributed by atoms with Crippen LogP contribution < -0.4 is 10.5 Å². The van der Waals surface area contributed by atoms with Crippen molar-refractivity contribution in [2.45, 2.75) is 19.7 Å². The molecule has 2 heterocycles. The van der Waals surface area contributed by atoms with Crippen molar-refractivity contribution in [2.24, 2.45) is 0 Å². The standard InChI is InChI=1S/C9H13N5O/c1-5(2)6-4-7(10)14-8(11-6)12-9(13-14)15-3/h4-5H,10H2,1-3H3/i5D. The van der Waals surface area contributed by atoms with Gasteiger partial charge in [-0.25, -0.2) is 4.98 Å². The predicted octanol–water partition coefficient (Wildman–Crippen LogP) is 0.838. The number of nitrogens with two attached hydrogens (primary N) is 1. The number of fused-ring (bicyclic) bond motifs is 1. The maximum Gasteiger partial charge on any atom is 0.337 e. The topological polar surface area (TPSA) is 78.3 Å². The minimum atomic E-state index is -0.824. The van der Waals surface area contributed by atoms with Crippen molar-refractivity contribution in [3.63, 3.8) is 0 Å². The first-order valence-electron chi connectivity index (χ1n) is 4.99. The van der Waals surface area contributed by atoms with E-state index >= 15 is 0 Å². The zero-order valence-corrected chi connectivity index (χ0v) is 8.85. The third kappa shape index (κ3) is 1.58. The molecule has 0 spiro atoms. The summed E-state index contributed by atoms with van der Waals surface area (Å²) in [7, 11) is 1.47. The first kappa shape index (κ1) is 8.46. The minimum Gasteiger partial charge on any atom is -0.466 e. The van der Waals surface area contributed by atoms with Crippen LogP contribution >= 0.6 is 0 Å². The van der Waals surface area contributed by atoms with Crippen LogP contribution in [0.1, 0.15) is 26.8 Å². The van der Waals surface area contributed by atoms with Crippen LogP contribution in [-0.4, -0.2) is 26.7 Å². The molecule has 15 heavy (non-hydrogen) atoms. The molecule has 0 aliphatic carbocycles. The van der Waals surface area contributed by atoms with Gasteiger partial charge in [0.2, 0.25) is 0 Å². The molecule has 80 valence electrons. The van der Waals surface area contributed by atoms with Gasteiger partial charge in [-0.15, -0.1) is 5.10 Å². The Morgan fingerprint density at radius 2 is 2.27 bits per heavy atom. The number of nitrogens with zero attached hydrogens (tertiary/aromatic N) is 4. The summed E-state index contributed by atoms with van der Waals surface area (Å²) in [6.07, 6.45) is 0. The van der Waals surface area contributed by atoms with Gasteiger partial charge in [0, 0.05) is 7.44 Å². The second kappa shape index (κ2) is 3.38. The van der Waals surface area contributed by atoms with E-state index in [1.807, 2.05) is 0 Å². The molecule has 0 saturated heterocycles. The number of anilines is 1. The fourth-order valence-corrected chi connectivity index (χ4v) is 1.21. The molecule has 0 aliphatic rings. The van der Waals surface area contributed by atoms with Gasteiger partial charge in [0.25, 0.3) is 5.78 Å². The summed E-state index contributed by atoms with van der Waals surface area (Å²) in [5.41, 5.74) is 6.35. The molecular weight excluding hydrogens is 194 g/mol. The Bertz CT molecular complexity index is 530. The summed E-state index contributed by atoms with van der Waals surface area (Å²) in [4.78, 5) is 8.24. The Morgan fingerprint density at radius 1 is 1.53 bits per heavy atom. The number of nitrogen functional groups attached to an aromatic ring is 1. The second-order valence-corrected chi connectivity index (χ2v) is 3.38. The van der Waals surface area contributed by atoms with Gasteiger partial charge in [0.1, 0.15) is 5.82 Å². The number of methoxy groups -OCH3 is 1. The molecule has 0 saturated carbocycles. The summed E-state index contributed by atoms with van der Waals surface area (Å²) in [6.45, 7) is 3.47. The average Bonchev–Trinajstić information content (AvgIpc) is 2.59. The Morgan fingerprint density at radius 3 is 2.87 bits per heavy atom. The molecule has 0 amide bonds. The molecule has 0 aliphatic heterocycles. The lowest BCUT2D eigenvalue weighted by molar-refractivity contribution is 0.381. The zero-order valence-electron chi connectivity index (χ0n) is 9.85. The molecule has 0 atom stereocenters. The second-order valence-electron chi connectivity index (χ2n) is 3.38. The van der Waals surface area contributed by atoms with Crippen LogP contribution in [-0.2, 0) is 0 Å². The first-order valence-corrected chi connectivity index (χ1v) is 4.49. The highest BCUT2D eigenvalue weighted by Crippen LogP contribution is 2.17. The van der Waals surface area contributed by atoms with Crippen LogP contribution in [0, 0.1) is 0 Å². The molecule has 0 unspecified atom stereocenters.